The zero-order chi connectivity index (χ0) is 10.1. The van der Waals surface area contributed by atoms with Crippen LogP contribution in [0.1, 0.15) is 0 Å². The lowest BCUT2D eigenvalue weighted by Gasteiger charge is -2.01. The summed E-state index contributed by atoms with van der Waals surface area (Å²) in [6, 6.07) is 7.92. The lowest BCUT2D eigenvalue weighted by molar-refractivity contribution is 1.11. The highest BCUT2D eigenvalue weighted by molar-refractivity contribution is 7.71. The Balaban J connectivity index is 2.87. The molecular formula is C11H10N2S. The van der Waals surface area contributed by atoms with Gasteiger partial charge in [0, 0.05) is 5.70 Å². The van der Waals surface area contributed by atoms with Gasteiger partial charge in [-0.25, -0.2) is 0 Å². The monoisotopic (exact) mass is 202 g/mol. The van der Waals surface area contributed by atoms with Crippen LogP contribution in [-0.2, 0) is 0 Å². The van der Waals surface area contributed by atoms with Gasteiger partial charge in [-0.2, -0.15) is 0 Å². The average molecular weight is 202 g/mol. The molecule has 0 saturated heterocycles. The highest BCUT2D eigenvalue weighted by atomic mass is 32.1. The van der Waals surface area contributed by atoms with Gasteiger partial charge in [0.25, 0.3) is 0 Å². The van der Waals surface area contributed by atoms with Crippen molar-refractivity contribution in [2.45, 2.75) is 0 Å². The van der Waals surface area contributed by atoms with E-state index >= 15 is 0 Å². The highest BCUT2D eigenvalue weighted by Crippen LogP contribution is 2.17. The van der Waals surface area contributed by atoms with Crippen LogP contribution in [0.3, 0.4) is 0 Å². The van der Waals surface area contributed by atoms with E-state index in [0.717, 1.165) is 16.7 Å². The Morgan fingerprint density at radius 2 is 2.14 bits per heavy atom. The van der Waals surface area contributed by atoms with Crippen LogP contribution in [0.5, 0.6) is 0 Å². The van der Waals surface area contributed by atoms with Crippen LogP contribution in [0.4, 0.5) is 0 Å². The van der Waals surface area contributed by atoms with E-state index < -0.39 is 0 Å². The van der Waals surface area contributed by atoms with Crippen molar-refractivity contribution < 1.29 is 0 Å². The summed E-state index contributed by atoms with van der Waals surface area (Å²) in [5.41, 5.74) is 2.83. The second kappa shape index (κ2) is 3.27. The molecule has 14 heavy (non-hydrogen) atoms. The third kappa shape index (κ3) is 1.22. The summed E-state index contributed by atoms with van der Waals surface area (Å²) in [5.74, 6) is 0. The van der Waals surface area contributed by atoms with Gasteiger partial charge in [0.2, 0.25) is 0 Å². The molecule has 0 atom stereocenters. The standard InChI is InChI=1S/C11H10N2S/c1-3-8(2)13-10-7-5-4-6-9(10)12-11(13)14/h3-7H,1-2H2,(H,12,14). The molecule has 1 N–H and O–H groups in total. The molecule has 0 bridgehead atoms. The Hall–Kier alpha value is -1.61. The first kappa shape index (κ1) is 8.97. The number of allylic oxidation sites excluding steroid dienone is 2. The lowest BCUT2D eigenvalue weighted by Crippen LogP contribution is -1.91. The summed E-state index contributed by atoms with van der Waals surface area (Å²) in [6.07, 6.45) is 1.69. The van der Waals surface area contributed by atoms with Crippen LogP contribution in [0.15, 0.2) is 43.5 Å². The molecule has 0 saturated carbocycles. The van der Waals surface area contributed by atoms with Crippen molar-refractivity contribution in [2.75, 3.05) is 0 Å². The molecule has 70 valence electrons. The van der Waals surface area contributed by atoms with Crippen molar-refractivity contribution in [1.82, 2.24) is 9.55 Å². The molecule has 1 aromatic carbocycles. The van der Waals surface area contributed by atoms with Crippen molar-refractivity contribution in [3.8, 4) is 0 Å². The average Bonchev–Trinajstić information content (AvgIpc) is 2.53. The molecule has 1 heterocycles. The molecule has 1 aromatic heterocycles. The number of aromatic nitrogens is 2. The van der Waals surface area contributed by atoms with Crippen LogP contribution in [-0.4, -0.2) is 9.55 Å². The van der Waals surface area contributed by atoms with Gasteiger partial charge < -0.3 is 4.98 Å². The van der Waals surface area contributed by atoms with Gasteiger partial charge in [0.05, 0.1) is 11.0 Å². The lowest BCUT2D eigenvalue weighted by atomic mass is 10.3. The van der Waals surface area contributed by atoms with Crippen LogP contribution in [0.2, 0.25) is 0 Å². The van der Waals surface area contributed by atoms with Crippen molar-refractivity contribution in [1.29, 1.82) is 0 Å². The SMILES string of the molecule is C=CC(=C)n1c(=S)[nH]c2ccccc21. The van der Waals surface area contributed by atoms with Crippen molar-refractivity contribution in [3.05, 3.63) is 48.3 Å². The smallest absolute Gasteiger partial charge is 0.182 e. The van der Waals surface area contributed by atoms with E-state index in [1.807, 2.05) is 28.8 Å². The molecule has 2 nitrogen and oxygen atoms in total. The van der Waals surface area contributed by atoms with Gasteiger partial charge in [-0.3, -0.25) is 4.57 Å². The molecule has 0 aliphatic carbocycles. The molecule has 0 amide bonds. The Labute approximate surface area is 87.2 Å². The maximum absolute atomic E-state index is 5.19. The minimum atomic E-state index is 0.649. The van der Waals surface area contributed by atoms with Gasteiger partial charge in [0.15, 0.2) is 4.77 Å². The fourth-order valence-electron chi connectivity index (χ4n) is 1.43. The second-order valence-corrected chi connectivity index (χ2v) is 3.36. The number of benzene rings is 1. The molecule has 0 aliphatic rings. The number of hydrogen-bond acceptors (Lipinski definition) is 1. The Bertz CT molecular complexity index is 560. The molecule has 0 radical (unpaired) electrons. The van der Waals surface area contributed by atoms with Crippen LogP contribution in [0.25, 0.3) is 16.7 Å². The number of H-pyrrole nitrogens is 1. The van der Waals surface area contributed by atoms with Gasteiger partial charge in [-0.15, -0.1) is 0 Å². The highest BCUT2D eigenvalue weighted by Gasteiger charge is 2.03. The number of aromatic amines is 1. The number of rotatable bonds is 2. The van der Waals surface area contributed by atoms with E-state index in [2.05, 4.69) is 18.1 Å². The molecular weight excluding hydrogens is 192 g/mol. The maximum Gasteiger partial charge on any atom is 0.182 e. The molecule has 0 spiro atoms. The third-order valence-electron chi connectivity index (χ3n) is 2.11. The minimum absolute atomic E-state index is 0.649. The number of fused-ring (bicyclic) bond motifs is 1. The number of imidazole rings is 1. The summed E-state index contributed by atoms with van der Waals surface area (Å²) in [5, 5.41) is 0. The summed E-state index contributed by atoms with van der Waals surface area (Å²) < 4.78 is 2.52. The molecule has 3 heteroatoms. The van der Waals surface area contributed by atoms with E-state index in [9.17, 15) is 0 Å². The predicted octanol–water partition coefficient (Wildman–Crippen LogP) is 3.36. The Morgan fingerprint density at radius 3 is 2.86 bits per heavy atom. The first-order valence-corrected chi connectivity index (χ1v) is 4.66. The number of para-hydroxylation sites is 2. The predicted molar refractivity (Wildman–Crippen MR) is 62.6 cm³/mol. The van der Waals surface area contributed by atoms with Gasteiger partial charge in [-0.1, -0.05) is 25.3 Å². The Morgan fingerprint density at radius 1 is 1.43 bits per heavy atom. The van der Waals surface area contributed by atoms with Crippen LogP contribution < -0.4 is 0 Å². The maximum atomic E-state index is 5.19. The van der Waals surface area contributed by atoms with Gasteiger partial charge in [-0.05, 0) is 30.4 Å². The molecule has 0 fully saturated rings. The summed E-state index contributed by atoms with van der Waals surface area (Å²) >= 11 is 5.19. The van der Waals surface area contributed by atoms with E-state index in [-0.39, 0.29) is 0 Å². The van der Waals surface area contributed by atoms with E-state index in [1.165, 1.54) is 0 Å². The first-order chi connectivity index (χ1) is 6.74. The van der Waals surface area contributed by atoms with E-state index in [4.69, 9.17) is 12.2 Å². The first-order valence-electron chi connectivity index (χ1n) is 4.25. The van der Waals surface area contributed by atoms with Crippen molar-refractivity contribution >= 4 is 28.9 Å². The van der Waals surface area contributed by atoms with E-state index in [0.29, 0.717) is 4.77 Å². The number of hydrogen-bond donors (Lipinski definition) is 1. The van der Waals surface area contributed by atoms with Crippen molar-refractivity contribution in [3.63, 3.8) is 0 Å². The molecule has 0 aliphatic heterocycles. The quantitative estimate of drug-likeness (QED) is 0.585. The molecule has 2 rings (SSSR count). The topological polar surface area (TPSA) is 20.7 Å². The Kier molecular flexibility index (Phi) is 2.09. The van der Waals surface area contributed by atoms with E-state index in [1.54, 1.807) is 6.08 Å². The molecule has 0 unspecified atom stereocenters. The van der Waals surface area contributed by atoms with Crippen LogP contribution in [0, 0.1) is 4.77 Å². The normalized spacial score (nSPS) is 10.3. The van der Waals surface area contributed by atoms with Crippen LogP contribution >= 0.6 is 12.2 Å². The number of nitrogens with zero attached hydrogens (tertiary/aromatic N) is 1. The van der Waals surface area contributed by atoms with Gasteiger partial charge >= 0.3 is 0 Å². The third-order valence-corrected chi connectivity index (χ3v) is 2.40. The van der Waals surface area contributed by atoms with Crippen molar-refractivity contribution in [2.24, 2.45) is 0 Å². The largest absolute Gasteiger partial charge is 0.330 e. The zero-order valence-electron chi connectivity index (χ0n) is 7.66. The number of nitrogens with one attached hydrogen (secondary N) is 1. The minimum Gasteiger partial charge on any atom is -0.330 e. The molecule has 2 aromatic rings. The fourth-order valence-corrected chi connectivity index (χ4v) is 1.76. The fraction of sp³-hybridized carbons (Fsp3) is 0. The summed E-state index contributed by atoms with van der Waals surface area (Å²) in [7, 11) is 0. The van der Waals surface area contributed by atoms with Gasteiger partial charge in [0.1, 0.15) is 0 Å². The second-order valence-electron chi connectivity index (χ2n) is 2.98. The summed E-state index contributed by atoms with van der Waals surface area (Å²) in [4.78, 5) is 3.11. The summed E-state index contributed by atoms with van der Waals surface area (Å²) in [6.45, 7) is 7.57. The zero-order valence-corrected chi connectivity index (χ0v) is 8.47.